The molecule has 2 heterocycles. The van der Waals surface area contributed by atoms with Crippen LogP contribution < -0.4 is 10.2 Å². The van der Waals surface area contributed by atoms with E-state index in [1.807, 2.05) is 11.7 Å². The van der Waals surface area contributed by atoms with E-state index in [4.69, 9.17) is 0 Å². The molecule has 1 aliphatic rings. The summed E-state index contributed by atoms with van der Waals surface area (Å²) in [5.41, 5.74) is 2.47. The first-order chi connectivity index (χ1) is 9.04. The molecule has 0 spiro atoms. The molecule has 108 valence electrons. The van der Waals surface area contributed by atoms with Crippen LogP contribution in [0.3, 0.4) is 0 Å². The highest BCUT2D eigenvalue weighted by molar-refractivity contribution is 5.51. The van der Waals surface area contributed by atoms with E-state index in [1.165, 1.54) is 24.3 Å². The fourth-order valence-electron chi connectivity index (χ4n) is 3.12. The topological polar surface area (TPSA) is 36.3 Å². The number of nitrogens with one attached hydrogen (secondary N) is 1. The Hall–Kier alpha value is -1.07. The van der Waals surface area contributed by atoms with Crippen LogP contribution in [0.15, 0.2) is 0 Å². The minimum atomic E-state index is 0.526. The molecule has 1 unspecified atom stereocenters. The second-order valence-electron chi connectivity index (χ2n) is 5.70. The zero-order valence-corrected chi connectivity index (χ0v) is 12.9. The van der Waals surface area contributed by atoms with Crippen molar-refractivity contribution in [1.82, 2.24) is 20.0 Å². The van der Waals surface area contributed by atoms with Gasteiger partial charge in [-0.05, 0) is 40.9 Å². The van der Waals surface area contributed by atoms with Gasteiger partial charge in [-0.2, -0.15) is 5.10 Å². The lowest BCUT2D eigenvalue weighted by molar-refractivity contribution is 0.336. The van der Waals surface area contributed by atoms with Gasteiger partial charge >= 0.3 is 0 Å². The summed E-state index contributed by atoms with van der Waals surface area (Å²) in [6, 6.07) is 0.526. The summed E-state index contributed by atoms with van der Waals surface area (Å²) in [4.78, 5) is 4.95. The maximum Gasteiger partial charge on any atom is 0.131 e. The van der Waals surface area contributed by atoms with E-state index in [1.54, 1.807) is 0 Å². The first kappa shape index (κ1) is 14.3. The van der Waals surface area contributed by atoms with Crippen LogP contribution in [0.4, 0.5) is 5.82 Å². The smallest absolute Gasteiger partial charge is 0.131 e. The van der Waals surface area contributed by atoms with E-state index in [0.717, 1.165) is 25.3 Å². The zero-order chi connectivity index (χ0) is 14.0. The molecule has 5 heteroatoms. The predicted octanol–water partition coefficient (Wildman–Crippen LogP) is 0.978. The summed E-state index contributed by atoms with van der Waals surface area (Å²) in [5.74, 6) is 1.29. The van der Waals surface area contributed by atoms with Crippen molar-refractivity contribution in [3.05, 3.63) is 11.3 Å². The van der Waals surface area contributed by atoms with Crippen molar-refractivity contribution >= 4 is 5.82 Å². The molecule has 1 aliphatic heterocycles. The van der Waals surface area contributed by atoms with Crippen molar-refractivity contribution in [3.63, 3.8) is 0 Å². The molecule has 0 aliphatic carbocycles. The first-order valence-corrected chi connectivity index (χ1v) is 7.16. The Morgan fingerprint density at radius 2 is 2.05 bits per heavy atom. The van der Waals surface area contributed by atoms with Gasteiger partial charge in [-0.15, -0.1) is 0 Å². The molecule has 0 bridgehead atoms. The SMILES string of the molecule is CNCc1c(C)nn(C)c1N1CCCN(C)CC1C. The van der Waals surface area contributed by atoms with E-state index >= 15 is 0 Å². The molecule has 1 aromatic heterocycles. The molecule has 1 N–H and O–H groups in total. The fourth-order valence-corrected chi connectivity index (χ4v) is 3.12. The van der Waals surface area contributed by atoms with E-state index in [2.05, 4.69) is 48.2 Å². The van der Waals surface area contributed by atoms with Gasteiger partial charge in [0, 0.05) is 38.3 Å². The number of hydrogen-bond acceptors (Lipinski definition) is 4. The summed E-state index contributed by atoms with van der Waals surface area (Å²) < 4.78 is 2.05. The second kappa shape index (κ2) is 5.92. The maximum atomic E-state index is 4.61. The van der Waals surface area contributed by atoms with E-state index in [-0.39, 0.29) is 0 Å². The highest BCUT2D eigenvalue weighted by Gasteiger charge is 2.25. The molecule has 0 radical (unpaired) electrons. The molecule has 0 aromatic carbocycles. The zero-order valence-electron chi connectivity index (χ0n) is 12.9. The van der Waals surface area contributed by atoms with Crippen LogP contribution in [0, 0.1) is 6.92 Å². The van der Waals surface area contributed by atoms with Crippen LogP contribution in [0.1, 0.15) is 24.6 Å². The van der Waals surface area contributed by atoms with Crippen LogP contribution in [-0.4, -0.2) is 54.5 Å². The van der Waals surface area contributed by atoms with Gasteiger partial charge in [-0.1, -0.05) is 0 Å². The lowest BCUT2D eigenvalue weighted by Gasteiger charge is -2.31. The largest absolute Gasteiger partial charge is 0.353 e. The molecule has 1 saturated heterocycles. The Kier molecular flexibility index (Phi) is 4.47. The molecule has 0 amide bonds. The predicted molar refractivity (Wildman–Crippen MR) is 79.6 cm³/mol. The second-order valence-corrected chi connectivity index (χ2v) is 5.70. The summed E-state index contributed by atoms with van der Waals surface area (Å²) >= 11 is 0. The Bertz CT molecular complexity index is 426. The van der Waals surface area contributed by atoms with Gasteiger partial charge in [-0.3, -0.25) is 4.68 Å². The van der Waals surface area contributed by atoms with Gasteiger partial charge in [0.15, 0.2) is 0 Å². The highest BCUT2D eigenvalue weighted by Crippen LogP contribution is 2.26. The van der Waals surface area contributed by atoms with Crippen LogP contribution >= 0.6 is 0 Å². The van der Waals surface area contributed by atoms with Gasteiger partial charge in [0.05, 0.1) is 5.69 Å². The molecular formula is C14H27N5. The molecule has 1 aromatic rings. The lowest BCUT2D eigenvalue weighted by Crippen LogP contribution is -2.39. The van der Waals surface area contributed by atoms with E-state index in [9.17, 15) is 0 Å². The van der Waals surface area contributed by atoms with Crippen molar-refractivity contribution in [2.75, 3.05) is 38.6 Å². The van der Waals surface area contributed by atoms with Crippen molar-refractivity contribution in [2.45, 2.75) is 32.9 Å². The number of hydrogen-bond donors (Lipinski definition) is 1. The van der Waals surface area contributed by atoms with Crippen LogP contribution in [-0.2, 0) is 13.6 Å². The third-order valence-corrected chi connectivity index (χ3v) is 3.99. The summed E-state index contributed by atoms with van der Waals surface area (Å²) in [5, 5.41) is 7.88. The van der Waals surface area contributed by atoms with Gasteiger partial charge in [0.25, 0.3) is 0 Å². The Balaban J connectivity index is 2.33. The quantitative estimate of drug-likeness (QED) is 0.884. The molecule has 1 atom stereocenters. The van der Waals surface area contributed by atoms with Crippen molar-refractivity contribution < 1.29 is 0 Å². The Morgan fingerprint density at radius 3 is 2.74 bits per heavy atom. The Labute approximate surface area is 116 Å². The number of rotatable bonds is 3. The molecule has 5 nitrogen and oxygen atoms in total. The molecule has 2 rings (SSSR count). The van der Waals surface area contributed by atoms with Gasteiger partial charge < -0.3 is 15.1 Å². The minimum absolute atomic E-state index is 0.526. The maximum absolute atomic E-state index is 4.61. The minimum Gasteiger partial charge on any atom is -0.353 e. The normalized spacial score (nSPS) is 21.7. The van der Waals surface area contributed by atoms with Gasteiger partial charge in [-0.25, -0.2) is 0 Å². The molecule has 0 saturated carbocycles. The third-order valence-electron chi connectivity index (χ3n) is 3.99. The summed E-state index contributed by atoms with van der Waals surface area (Å²) in [7, 11) is 6.27. The van der Waals surface area contributed by atoms with Crippen molar-refractivity contribution in [3.8, 4) is 0 Å². The Morgan fingerprint density at radius 1 is 1.32 bits per heavy atom. The molecular weight excluding hydrogens is 238 g/mol. The van der Waals surface area contributed by atoms with Crippen LogP contribution in [0.5, 0.6) is 0 Å². The monoisotopic (exact) mass is 265 g/mol. The number of anilines is 1. The van der Waals surface area contributed by atoms with Crippen molar-refractivity contribution in [2.24, 2.45) is 7.05 Å². The third kappa shape index (κ3) is 2.92. The van der Waals surface area contributed by atoms with Crippen LogP contribution in [0.25, 0.3) is 0 Å². The summed E-state index contributed by atoms with van der Waals surface area (Å²) in [6.45, 7) is 8.70. The van der Waals surface area contributed by atoms with Gasteiger partial charge in [0.1, 0.15) is 5.82 Å². The highest BCUT2D eigenvalue weighted by atomic mass is 15.4. The molecule has 1 fully saturated rings. The number of likely N-dealkylation sites (N-methyl/N-ethyl adjacent to an activating group) is 1. The fraction of sp³-hybridized carbons (Fsp3) is 0.786. The number of nitrogens with zero attached hydrogens (tertiary/aromatic N) is 4. The first-order valence-electron chi connectivity index (χ1n) is 7.16. The van der Waals surface area contributed by atoms with Crippen LogP contribution in [0.2, 0.25) is 0 Å². The lowest BCUT2D eigenvalue weighted by atomic mass is 10.2. The average Bonchev–Trinajstić information content (AvgIpc) is 2.51. The number of aromatic nitrogens is 2. The number of aryl methyl sites for hydroxylation is 2. The standard InChI is InChI=1S/C14H27N5/c1-11-10-17(4)7-6-8-19(11)14-13(9-15-3)12(2)16-18(14)5/h11,15H,6-10H2,1-5H3. The molecule has 19 heavy (non-hydrogen) atoms. The average molecular weight is 265 g/mol. The van der Waals surface area contributed by atoms with Crippen molar-refractivity contribution in [1.29, 1.82) is 0 Å². The van der Waals surface area contributed by atoms with Gasteiger partial charge in [0.2, 0.25) is 0 Å². The van der Waals surface area contributed by atoms with E-state index < -0.39 is 0 Å². The van der Waals surface area contributed by atoms with E-state index in [0.29, 0.717) is 6.04 Å². The summed E-state index contributed by atoms with van der Waals surface area (Å²) in [6.07, 6.45) is 1.21.